The maximum atomic E-state index is 5.65. The van der Waals surface area contributed by atoms with Gasteiger partial charge in [0.25, 0.3) is 0 Å². The van der Waals surface area contributed by atoms with Crippen LogP contribution in [0.3, 0.4) is 0 Å². The van der Waals surface area contributed by atoms with E-state index < -0.39 is 0 Å². The van der Waals surface area contributed by atoms with Crippen molar-refractivity contribution in [1.29, 1.82) is 0 Å². The Labute approximate surface area is 92.1 Å². The Morgan fingerprint density at radius 3 is 3.00 bits per heavy atom. The summed E-state index contributed by atoms with van der Waals surface area (Å²) in [6.07, 6.45) is 2.64. The lowest BCUT2D eigenvalue weighted by Gasteiger charge is -2.19. The minimum Gasteiger partial charge on any atom is -0.371 e. The largest absolute Gasteiger partial charge is 0.371 e. The second-order valence-electron chi connectivity index (χ2n) is 4.38. The number of nitrogens with two attached hydrogens (primary N) is 1. The second-order valence-corrected chi connectivity index (χ2v) is 4.38. The monoisotopic (exact) mass is 204 g/mol. The Hall–Kier alpha value is -1.02. The summed E-state index contributed by atoms with van der Waals surface area (Å²) >= 11 is 0. The van der Waals surface area contributed by atoms with Crippen LogP contribution in [0.2, 0.25) is 0 Å². The van der Waals surface area contributed by atoms with Gasteiger partial charge in [-0.1, -0.05) is 25.5 Å². The summed E-state index contributed by atoms with van der Waals surface area (Å²) in [6.45, 7) is 5.33. The van der Waals surface area contributed by atoms with Gasteiger partial charge in [0.05, 0.1) is 0 Å². The van der Waals surface area contributed by atoms with Gasteiger partial charge in [-0.15, -0.1) is 0 Å². The Bertz CT molecular complexity index is 322. The summed E-state index contributed by atoms with van der Waals surface area (Å²) in [4.78, 5) is 2.48. The summed E-state index contributed by atoms with van der Waals surface area (Å²) in [7, 11) is 0. The molecule has 1 aliphatic heterocycles. The predicted molar refractivity (Wildman–Crippen MR) is 64.9 cm³/mol. The van der Waals surface area contributed by atoms with E-state index in [1.165, 1.54) is 37.2 Å². The van der Waals surface area contributed by atoms with Crippen LogP contribution in [0, 0.1) is 5.92 Å². The van der Waals surface area contributed by atoms with E-state index in [1.807, 2.05) is 0 Å². The van der Waals surface area contributed by atoms with Gasteiger partial charge in [0.2, 0.25) is 0 Å². The van der Waals surface area contributed by atoms with E-state index in [2.05, 4.69) is 36.1 Å². The van der Waals surface area contributed by atoms with Crippen molar-refractivity contribution in [1.82, 2.24) is 0 Å². The zero-order chi connectivity index (χ0) is 10.7. The Morgan fingerprint density at radius 2 is 2.33 bits per heavy atom. The molecule has 1 aliphatic rings. The summed E-state index contributed by atoms with van der Waals surface area (Å²) in [5, 5.41) is 0. The van der Waals surface area contributed by atoms with Gasteiger partial charge < -0.3 is 10.6 Å². The van der Waals surface area contributed by atoms with Crippen LogP contribution < -0.4 is 10.6 Å². The lowest BCUT2D eigenvalue weighted by Crippen LogP contribution is -2.19. The molecule has 0 amide bonds. The third kappa shape index (κ3) is 2.32. The second kappa shape index (κ2) is 4.67. The number of benzene rings is 1. The van der Waals surface area contributed by atoms with Gasteiger partial charge in [-0.2, -0.15) is 0 Å². The lowest BCUT2D eigenvalue weighted by atomic mass is 10.1. The molecule has 0 aromatic heterocycles. The SMILES string of the molecule is CCC1CCN(c2cccc(CN)c2)C1. The quantitative estimate of drug-likeness (QED) is 0.819. The molecule has 1 saturated heterocycles. The van der Waals surface area contributed by atoms with Gasteiger partial charge >= 0.3 is 0 Å². The molecule has 82 valence electrons. The topological polar surface area (TPSA) is 29.3 Å². The van der Waals surface area contributed by atoms with Crippen LogP contribution in [0.4, 0.5) is 5.69 Å². The third-order valence-electron chi connectivity index (χ3n) is 3.37. The molecular weight excluding hydrogens is 184 g/mol. The van der Waals surface area contributed by atoms with Crippen LogP contribution in [0.25, 0.3) is 0 Å². The van der Waals surface area contributed by atoms with Gasteiger partial charge in [-0.3, -0.25) is 0 Å². The lowest BCUT2D eigenvalue weighted by molar-refractivity contribution is 0.569. The van der Waals surface area contributed by atoms with E-state index in [0.29, 0.717) is 6.54 Å². The Balaban J connectivity index is 2.09. The van der Waals surface area contributed by atoms with Gasteiger partial charge in [0.1, 0.15) is 0 Å². The minimum atomic E-state index is 0.638. The molecule has 1 heterocycles. The minimum absolute atomic E-state index is 0.638. The molecule has 2 N–H and O–H groups in total. The fraction of sp³-hybridized carbons (Fsp3) is 0.538. The van der Waals surface area contributed by atoms with Crippen molar-refractivity contribution in [3.05, 3.63) is 29.8 Å². The summed E-state index contributed by atoms with van der Waals surface area (Å²) in [6, 6.07) is 8.61. The highest BCUT2D eigenvalue weighted by Gasteiger charge is 2.20. The van der Waals surface area contributed by atoms with Crippen LogP contribution in [0.5, 0.6) is 0 Å². The smallest absolute Gasteiger partial charge is 0.0369 e. The van der Waals surface area contributed by atoms with E-state index in [4.69, 9.17) is 5.73 Å². The molecule has 1 aromatic carbocycles. The fourth-order valence-electron chi connectivity index (χ4n) is 2.28. The zero-order valence-corrected chi connectivity index (χ0v) is 9.45. The molecule has 1 atom stereocenters. The average molecular weight is 204 g/mol. The van der Waals surface area contributed by atoms with Gasteiger partial charge in [-0.05, 0) is 30.0 Å². The first-order valence-electron chi connectivity index (χ1n) is 5.87. The molecule has 15 heavy (non-hydrogen) atoms. The molecule has 2 nitrogen and oxygen atoms in total. The van der Waals surface area contributed by atoms with Crippen molar-refractivity contribution in [2.75, 3.05) is 18.0 Å². The van der Waals surface area contributed by atoms with Gasteiger partial charge in [0, 0.05) is 25.3 Å². The number of hydrogen-bond donors (Lipinski definition) is 1. The molecule has 1 unspecified atom stereocenters. The molecule has 1 aromatic rings. The fourth-order valence-corrected chi connectivity index (χ4v) is 2.28. The van der Waals surface area contributed by atoms with Crippen LogP contribution in [0.15, 0.2) is 24.3 Å². The average Bonchev–Trinajstić information content (AvgIpc) is 2.78. The van der Waals surface area contributed by atoms with Crippen LogP contribution >= 0.6 is 0 Å². The summed E-state index contributed by atoms with van der Waals surface area (Å²) in [5.74, 6) is 0.881. The molecule has 2 heteroatoms. The highest BCUT2D eigenvalue weighted by molar-refractivity contribution is 5.49. The normalized spacial score (nSPS) is 20.9. The van der Waals surface area contributed by atoms with E-state index in [9.17, 15) is 0 Å². The van der Waals surface area contributed by atoms with Crippen molar-refractivity contribution in [3.8, 4) is 0 Å². The van der Waals surface area contributed by atoms with E-state index in [1.54, 1.807) is 0 Å². The third-order valence-corrected chi connectivity index (χ3v) is 3.37. The van der Waals surface area contributed by atoms with Crippen LogP contribution in [-0.4, -0.2) is 13.1 Å². The first-order chi connectivity index (χ1) is 7.33. The first-order valence-corrected chi connectivity index (χ1v) is 5.87. The number of nitrogens with zero attached hydrogens (tertiary/aromatic N) is 1. The first kappa shape index (κ1) is 10.5. The maximum Gasteiger partial charge on any atom is 0.0369 e. The number of hydrogen-bond acceptors (Lipinski definition) is 2. The standard InChI is InChI=1S/C13H20N2/c1-2-11-6-7-15(10-11)13-5-3-4-12(8-13)9-14/h3-5,8,11H,2,6-7,9-10,14H2,1H3. The molecular formula is C13H20N2. The molecule has 0 saturated carbocycles. The van der Waals surface area contributed by atoms with Crippen LogP contribution in [-0.2, 0) is 6.54 Å². The summed E-state index contributed by atoms with van der Waals surface area (Å²) in [5.41, 5.74) is 8.22. The Kier molecular flexibility index (Phi) is 3.27. The molecule has 2 rings (SSSR count). The van der Waals surface area contributed by atoms with Gasteiger partial charge in [-0.25, -0.2) is 0 Å². The van der Waals surface area contributed by atoms with Crippen molar-refractivity contribution < 1.29 is 0 Å². The number of anilines is 1. The highest BCUT2D eigenvalue weighted by Crippen LogP contribution is 2.25. The van der Waals surface area contributed by atoms with Gasteiger partial charge in [0.15, 0.2) is 0 Å². The highest BCUT2D eigenvalue weighted by atomic mass is 15.1. The van der Waals surface area contributed by atoms with Crippen molar-refractivity contribution in [3.63, 3.8) is 0 Å². The molecule has 0 aliphatic carbocycles. The molecule has 0 spiro atoms. The number of rotatable bonds is 3. The molecule has 0 bridgehead atoms. The zero-order valence-electron chi connectivity index (χ0n) is 9.45. The van der Waals surface area contributed by atoms with E-state index >= 15 is 0 Å². The predicted octanol–water partition coefficient (Wildman–Crippen LogP) is 2.38. The van der Waals surface area contributed by atoms with E-state index in [0.717, 1.165) is 5.92 Å². The van der Waals surface area contributed by atoms with Crippen molar-refractivity contribution >= 4 is 5.69 Å². The molecule has 1 fully saturated rings. The van der Waals surface area contributed by atoms with Crippen molar-refractivity contribution in [2.24, 2.45) is 11.7 Å². The van der Waals surface area contributed by atoms with E-state index in [-0.39, 0.29) is 0 Å². The Morgan fingerprint density at radius 1 is 1.47 bits per heavy atom. The maximum absolute atomic E-state index is 5.65. The summed E-state index contributed by atoms with van der Waals surface area (Å²) < 4.78 is 0. The van der Waals surface area contributed by atoms with Crippen LogP contribution in [0.1, 0.15) is 25.3 Å². The van der Waals surface area contributed by atoms with Crippen molar-refractivity contribution in [2.45, 2.75) is 26.3 Å². The molecule has 0 radical (unpaired) electrons.